The predicted octanol–water partition coefficient (Wildman–Crippen LogP) is 3.20. The molecule has 2 amide bonds. The minimum Gasteiger partial charge on any atom is -0.350 e. The lowest BCUT2D eigenvalue weighted by Gasteiger charge is -2.23. The van der Waals surface area contributed by atoms with E-state index in [1.165, 1.54) is 4.90 Å². The molecular formula is C14H18Br2N2O2. The number of nitrogens with zero attached hydrogens (tertiary/aromatic N) is 1. The van der Waals surface area contributed by atoms with E-state index in [1.807, 2.05) is 26.8 Å². The van der Waals surface area contributed by atoms with Crippen LogP contribution >= 0.6 is 31.9 Å². The van der Waals surface area contributed by atoms with Gasteiger partial charge in [-0.3, -0.25) is 9.59 Å². The highest BCUT2D eigenvalue weighted by atomic mass is 79.9. The summed E-state index contributed by atoms with van der Waals surface area (Å²) in [6.45, 7) is 5.73. The molecule has 1 aromatic carbocycles. The zero-order chi connectivity index (χ0) is 15.5. The number of hydrogen-bond acceptors (Lipinski definition) is 2. The molecular weight excluding hydrogens is 388 g/mol. The second kappa shape index (κ2) is 6.72. The highest BCUT2D eigenvalue weighted by Gasteiger charge is 2.19. The van der Waals surface area contributed by atoms with Gasteiger partial charge < -0.3 is 10.2 Å². The summed E-state index contributed by atoms with van der Waals surface area (Å²) in [4.78, 5) is 25.5. The molecule has 0 spiro atoms. The van der Waals surface area contributed by atoms with Crippen LogP contribution in [0.15, 0.2) is 27.1 Å². The topological polar surface area (TPSA) is 49.4 Å². The molecule has 0 bridgehead atoms. The van der Waals surface area contributed by atoms with Crippen molar-refractivity contribution >= 4 is 43.7 Å². The van der Waals surface area contributed by atoms with Crippen LogP contribution in [0.5, 0.6) is 0 Å². The third-order valence-corrected chi connectivity index (χ3v) is 3.27. The molecule has 0 saturated carbocycles. The highest BCUT2D eigenvalue weighted by molar-refractivity contribution is 9.11. The Morgan fingerprint density at radius 1 is 1.15 bits per heavy atom. The van der Waals surface area contributed by atoms with Gasteiger partial charge in [0.2, 0.25) is 5.91 Å². The molecule has 0 aliphatic carbocycles. The molecule has 4 nitrogen and oxygen atoms in total. The summed E-state index contributed by atoms with van der Waals surface area (Å²) in [6.07, 6.45) is 0. The average Bonchev–Trinajstić information content (AvgIpc) is 2.23. The van der Waals surface area contributed by atoms with Crippen LogP contribution in [0.1, 0.15) is 31.1 Å². The van der Waals surface area contributed by atoms with Gasteiger partial charge in [-0.25, -0.2) is 0 Å². The number of likely N-dealkylation sites (N-methyl/N-ethyl adjacent to an activating group) is 1. The van der Waals surface area contributed by atoms with E-state index in [4.69, 9.17) is 0 Å². The summed E-state index contributed by atoms with van der Waals surface area (Å²) in [7, 11) is 1.61. The maximum absolute atomic E-state index is 12.3. The van der Waals surface area contributed by atoms with Gasteiger partial charge in [-0.15, -0.1) is 0 Å². The molecule has 0 unspecified atom stereocenters. The summed E-state index contributed by atoms with van der Waals surface area (Å²) in [5.41, 5.74) is 0.220. The minimum atomic E-state index is -0.306. The number of carbonyl (C=O) groups is 2. The first kappa shape index (κ1) is 17.2. The van der Waals surface area contributed by atoms with Crippen LogP contribution in [-0.4, -0.2) is 35.8 Å². The Hall–Kier alpha value is -0.880. The fourth-order valence-corrected chi connectivity index (χ4v) is 2.94. The first-order valence-corrected chi connectivity index (χ1v) is 7.69. The second-order valence-corrected chi connectivity index (χ2v) is 7.45. The number of halogens is 2. The lowest BCUT2D eigenvalue weighted by molar-refractivity contribution is -0.122. The molecule has 1 N–H and O–H groups in total. The van der Waals surface area contributed by atoms with Crippen molar-refractivity contribution in [3.8, 4) is 0 Å². The van der Waals surface area contributed by atoms with Gasteiger partial charge in [0.15, 0.2) is 0 Å². The Morgan fingerprint density at radius 3 is 2.10 bits per heavy atom. The molecule has 0 saturated heterocycles. The smallest absolute Gasteiger partial charge is 0.254 e. The van der Waals surface area contributed by atoms with Gasteiger partial charge in [-0.05, 0) is 39.0 Å². The van der Waals surface area contributed by atoms with Gasteiger partial charge in [-0.2, -0.15) is 0 Å². The molecule has 110 valence electrons. The zero-order valence-corrected chi connectivity index (χ0v) is 15.1. The molecule has 0 aromatic heterocycles. The molecule has 6 heteroatoms. The van der Waals surface area contributed by atoms with Crippen LogP contribution in [0.2, 0.25) is 0 Å². The van der Waals surface area contributed by atoms with E-state index in [-0.39, 0.29) is 23.9 Å². The lowest BCUT2D eigenvalue weighted by Crippen LogP contribution is -2.46. The molecule has 1 rings (SSSR count). The van der Waals surface area contributed by atoms with Crippen LogP contribution in [-0.2, 0) is 4.79 Å². The number of amides is 2. The normalized spacial score (nSPS) is 11.1. The fourth-order valence-electron chi connectivity index (χ4n) is 1.64. The number of rotatable bonds is 3. The van der Waals surface area contributed by atoms with Gasteiger partial charge in [0, 0.05) is 27.1 Å². The first-order chi connectivity index (χ1) is 9.08. The number of benzene rings is 1. The van der Waals surface area contributed by atoms with Crippen molar-refractivity contribution in [2.24, 2.45) is 0 Å². The summed E-state index contributed by atoms with van der Waals surface area (Å²) in [5, 5.41) is 2.83. The largest absolute Gasteiger partial charge is 0.350 e. The Balaban J connectivity index is 2.74. The van der Waals surface area contributed by atoms with Crippen molar-refractivity contribution in [3.63, 3.8) is 0 Å². The molecule has 0 aliphatic heterocycles. The Morgan fingerprint density at radius 2 is 1.65 bits per heavy atom. The van der Waals surface area contributed by atoms with Crippen molar-refractivity contribution in [2.45, 2.75) is 26.3 Å². The molecule has 0 radical (unpaired) electrons. The van der Waals surface area contributed by atoms with Gasteiger partial charge in [0.1, 0.15) is 0 Å². The molecule has 0 atom stereocenters. The monoisotopic (exact) mass is 404 g/mol. The summed E-state index contributed by atoms with van der Waals surface area (Å²) in [5.74, 6) is -0.376. The number of carbonyl (C=O) groups excluding carboxylic acids is 2. The third kappa shape index (κ3) is 5.63. The van der Waals surface area contributed by atoms with Crippen LogP contribution in [0.3, 0.4) is 0 Å². The van der Waals surface area contributed by atoms with Crippen molar-refractivity contribution in [2.75, 3.05) is 13.6 Å². The number of hydrogen-bond donors (Lipinski definition) is 1. The highest BCUT2D eigenvalue weighted by Crippen LogP contribution is 2.20. The predicted molar refractivity (Wildman–Crippen MR) is 86.7 cm³/mol. The van der Waals surface area contributed by atoms with Crippen LogP contribution in [0.25, 0.3) is 0 Å². The number of nitrogens with one attached hydrogen (secondary N) is 1. The first-order valence-electron chi connectivity index (χ1n) is 6.11. The van der Waals surface area contributed by atoms with E-state index in [9.17, 15) is 9.59 Å². The maximum Gasteiger partial charge on any atom is 0.254 e. The summed E-state index contributed by atoms with van der Waals surface area (Å²) >= 11 is 6.68. The molecule has 0 heterocycles. The van der Waals surface area contributed by atoms with Crippen molar-refractivity contribution in [3.05, 3.63) is 32.7 Å². The molecule has 1 aromatic rings. The lowest BCUT2D eigenvalue weighted by atomic mass is 10.1. The zero-order valence-electron chi connectivity index (χ0n) is 12.0. The van der Waals surface area contributed by atoms with Crippen molar-refractivity contribution < 1.29 is 9.59 Å². The SMILES string of the molecule is CN(CC(=O)NC(C)(C)C)C(=O)c1cc(Br)cc(Br)c1. The van der Waals surface area contributed by atoms with Crippen molar-refractivity contribution in [1.82, 2.24) is 10.2 Å². The Labute approximate surface area is 136 Å². The molecule has 20 heavy (non-hydrogen) atoms. The van der Waals surface area contributed by atoms with Gasteiger partial charge in [0.25, 0.3) is 5.91 Å². The average molecular weight is 406 g/mol. The fraction of sp³-hybridized carbons (Fsp3) is 0.429. The van der Waals surface area contributed by atoms with Crippen LogP contribution in [0.4, 0.5) is 0 Å². The quantitative estimate of drug-likeness (QED) is 0.839. The molecule has 0 aliphatic rings. The van der Waals surface area contributed by atoms with Gasteiger partial charge >= 0.3 is 0 Å². The minimum absolute atomic E-state index is 0.0280. The van der Waals surface area contributed by atoms with Crippen molar-refractivity contribution in [1.29, 1.82) is 0 Å². The van der Waals surface area contributed by atoms with Crippen LogP contribution < -0.4 is 5.32 Å². The van der Waals surface area contributed by atoms with E-state index in [0.29, 0.717) is 5.56 Å². The van der Waals surface area contributed by atoms with Gasteiger partial charge in [-0.1, -0.05) is 31.9 Å². The van der Waals surface area contributed by atoms with E-state index in [2.05, 4.69) is 37.2 Å². The maximum atomic E-state index is 12.3. The van der Waals surface area contributed by atoms with Gasteiger partial charge in [0.05, 0.1) is 6.54 Å². The molecule has 0 fully saturated rings. The van der Waals surface area contributed by atoms with E-state index < -0.39 is 0 Å². The van der Waals surface area contributed by atoms with E-state index in [1.54, 1.807) is 19.2 Å². The Bertz CT molecular complexity index is 504. The third-order valence-electron chi connectivity index (χ3n) is 2.35. The summed E-state index contributed by atoms with van der Waals surface area (Å²) < 4.78 is 1.62. The Kier molecular flexibility index (Phi) is 5.77. The van der Waals surface area contributed by atoms with E-state index >= 15 is 0 Å². The van der Waals surface area contributed by atoms with Crippen LogP contribution in [0, 0.1) is 0 Å². The second-order valence-electron chi connectivity index (χ2n) is 5.62. The summed E-state index contributed by atoms with van der Waals surface area (Å²) in [6, 6.07) is 5.31. The van der Waals surface area contributed by atoms with E-state index in [0.717, 1.165) is 8.95 Å². The standard InChI is InChI=1S/C14H18Br2N2O2/c1-14(2,3)17-12(19)8-18(4)13(20)9-5-10(15)7-11(16)6-9/h5-7H,8H2,1-4H3,(H,17,19).